The first-order valence-electron chi connectivity index (χ1n) is 8.90. The summed E-state index contributed by atoms with van der Waals surface area (Å²) in [5, 5.41) is 9.04. The predicted molar refractivity (Wildman–Crippen MR) is 106 cm³/mol. The first-order valence-corrected chi connectivity index (χ1v) is 9.85. The molecule has 0 radical (unpaired) electrons. The van der Waals surface area contributed by atoms with Crippen LogP contribution in [-0.4, -0.2) is 37.5 Å². The summed E-state index contributed by atoms with van der Waals surface area (Å²) in [6.45, 7) is 2.16. The van der Waals surface area contributed by atoms with E-state index in [0.29, 0.717) is 24.3 Å². The Hall–Kier alpha value is -2.87. The zero-order chi connectivity index (χ0) is 20.4. The van der Waals surface area contributed by atoms with Gasteiger partial charge in [-0.25, -0.2) is 0 Å². The highest BCUT2D eigenvalue weighted by atomic mass is 32.1. The fraction of sp³-hybridized carbons (Fsp3) is 0.350. The number of methoxy groups -OCH3 is 1. The number of para-hydroxylation sites is 1. The quantitative estimate of drug-likeness (QED) is 0.469. The number of rotatable bonds is 10. The Bertz CT molecular complexity index is 792. The number of carbonyl (C=O) groups excluding carboxylic acids is 3. The van der Waals surface area contributed by atoms with Gasteiger partial charge in [0.1, 0.15) is 5.75 Å². The lowest BCUT2D eigenvalue weighted by Crippen LogP contribution is -2.35. The van der Waals surface area contributed by atoms with Gasteiger partial charge < -0.3 is 20.1 Å². The van der Waals surface area contributed by atoms with Crippen molar-refractivity contribution in [1.29, 1.82) is 0 Å². The number of thiophene rings is 1. The van der Waals surface area contributed by atoms with Crippen LogP contribution in [0.3, 0.4) is 0 Å². The Balaban J connectivity index is 1.65. The van der Waals surface area contributed by atoms with Crippen molar-refractivity contribution in [3.8, 4) is 5.75 Å². The average molecular weight is 404 g/mol. The average Bonchev–Trinajstić information content (AvgIpc) is 3.24. The van der Waals surface area contributed by atoms with Gasteiger partial charge in [-0.3, -0.25) is 14.4 Å². The number of ether oxygens (including phenoxy) is 2. The van der Waals surface area contributed by atoms with E-state index in [1.54, 1.807) is 18.6 Å². The third-order valence-corrected chi connectivity index (χ3v) is 4.63. The van der Waals surface area contributed by atoms with Gasteiger partial charge in [0.2, 0.25) is 0 Å². The topological polar surface area (TPSA) is 93.7 Å². The molecule has 0 aliphatic carbocycles. The third-order valence-electron chi connectivity index (χ3n) is 3.95. The van der Waals surface area contributed by atoms with E-state index in [1.165, 1.54) is 18.3 Å². The molecule has 150 valence electrons. The summed E-state index contributed by atoms with van der Waals surface area (Å²) in [7, 11) is 1.56. The largest absolute Gasteiger partial charge is 0.496 e. The van der Waals surface area contributed by atoms with Crippen molar-refractivity contribution in [1.82, 2.24) is 10.6 Å². The minimum Gasteiger partial charge on any atom is -0.496 e. The molecule has 2 amide bonds. The van der Waals surface area contributed by atoms with E-state index in [0.717, 1.165) is 5.56 Å². The summed E-state index contributed by atoms with van der Waals surface area (Å²) in [6.07, 6.45) is -0.346. The van der Waals surface area contributed by atoms with Gasteiger partial charge in [0.15, 0.2) is 6.10 Å². The molecule has 2 aromatic rings. The Labute approximate surface area is 168 Å². The van der Waals surface area contributed by atoms with Crippen LogP contribution in [0.5, 0.6) is 5.75 Å². The molecule has 0 saturated carbocycles. The molecule has 7 nitrogen and oxygen atoms in total. The van der Waals surface area contributed by atoms with E-state index in [2.05, 4.69) is 10.6 Å². The van der Waals surface area contributed by atoms with Crippen LogP contribution in [0.1, 0.15) is 35.7 Å². The van der Waals surface area contributed by atoms with Crippen LogP contribution >= 0.6 is 11.3 Å². The first-order chi connectivity index (χ1) is 13.5. The zero-order valence-electron chi connectivity index (χ0n) is 15.9. The zero-order valence-corrected chi connectivity index (χ0v) is 16.7. The molecule has 1 aromatic heterocycles. The lowest BCUT2D eigenvalue weighted by atomic mass is 10.2. The van der Waals surface area contributed by atoms with Crippen molar-refractivity contribution in [2.24, 2.45) is 0 Å². The molecule has 0 saturated heterocycles. The van der Waals surface area contributed by atoms with Gasteiger partial charge in [0.25, 0.3) is 11.8 Å². The summed E-state index contributed by atoms with van der Waals surface area (Å²) >= 11 is 1.45. The molecule has 1 unspecified atom stereocenters. The smallest absolute Gasteiger partial charge is 0.306 e. The van der Waals surface area contributed by atoms with E-state index in [4.69, 9.17) is 9.47 Å². The molecule has 0 bridgehead atoms. The second-order valence-corrected chi connectivity index (χ2v) is 6.81. The maximum Gasteiger partial charge on any atom is 0.306 e. The van der Waals surface area contributed by atoms with Gasteiger partial charge in [-0.1, -0.05) is 18.2 Å². The summed E-state index contributed by atoms with van der Waals surface area (Å²) in [4.78, 5) is 35.8. The van der Waals surface area contributed by atoms with E-state index in [-0.39, 0.29) is 24.8 Å². The van der Waals surface area contributed by atoms with Crippen molar-refractivity contribution in [2.45, 2.75) is 32.4 Å². The van der Waals surface area contributed by atoms with E-state index < -0.39 is 12.1 Å². The molecule has 1 aromatic carbocycles. The minimum absolute atomic E-state index is 0.119. The summed E-state index contributed by atoms with van der Waals surface area (Å²) in [5.41, 5.74) is 1.44. The van der Waals surface area contributed by atoms with Crippen molar-refractivity contribution >= 4 is 29.1 Å². The van der Waals surface area contributed by atoms with E-state index in [9.17, 15) is 14.4 Å². The fourth-order valence-corrected chi connectivity index (χ4v) is 3.05. The molecule has 28 heavy (non-hydrogen) atoms. The Kier molecular flexibility index (Phi) is 8.48. The number of nitrogens with one attached hydrogen (secondary N) is 2. The van der Waals surface area contributed by atoms with Gasteiger partial charge in [0.05, 0.1) is 7.11 Å². The van der Waals surface area contributed by atoms with Crippen molar-refractivity contribution in [3.05, 3.63) is 52.2 Å². The second-order valence-electron chi connectivity index (χ2n) is 6.03. The molecule has 0 spiro atoms. The molecule has 8 heteroatoms. The molecule has 1 heterocycles. The van der Waals surface area contributed by atoms with Crippen LogP contribution in [0, 0.1) is 0 Å². The molecule has 2 N–H and O–H groups in total. The van der Waals surface area contributed by atoms with Crippen LogP contribution in [0.4, 0.5) is 0 Å². The number of benzene rings is 1. The highest BCUT2D eigenvalue weighted by molar-refractivity contribution is 7.08. The normalized spacial score (nSPS) is 11.4. The summed E-state index contributed by atoms with van der Waals surface area (Å²) < 4.78 is 10.4. The number of hydrogen-bond donors (Lipinski definition) is 2. The first kappa shape index (κ1) is 21.4. The minimum atomic E-state index is -0.900. The highest BCUT2D eigenvalue weighted by Gasteiger charge is 2.18. The van der Waals surface area contributed by atoms with E-state index >= 15 is 0 Å². The van der Waals surface area contributed by atoms with Crippen LogP contribution < -0.4 is 15.4 Å². The Morgan fingerprint density at radius 3 is 2.64 bits per heavy atom. The standard InChI is InChI=1S/C20H24N2O5S/c1-14(19(24)22-12-15-6-3-4-7-17(15)26-2)27-18(23)8-5-10-21-20(25)16-9-11-28-13-16/h3-4,6-7,9,11,13-14H,5,8,10,12H2,1-2H3,(H,21,25)(H,22,24). The van der Waals surface area contributed by atoms with Crippen LogP contribution in [0.25, 0.3) is 0 Å². The van der Waals surface area contributed by atoms with E-state index in [1.807, 2.05) is 29.6 Å². The maximum atomic E-state index is 12.1. The highest BCUT2D eigenvalue weighted by Crippen LogP contribution is 2.16. The molecule has 0 fully saturated rings. The molecule has 2 rings (SSSR count). The third kappa shape index (κ3) is 6.70. The van der Waals surface area contributed by atoms with Gasteiger partial charge >= 0.3 is 5.97 Å². The second kappa shape index (κ2) is 11.1. The number of amides is 2. The molecular formula is C20H24N2O5S. The number of carbonyl (C=O) groups is 3. The van der Waals surface area contributed by atoms with Gasteiger partial charge in [-0.15, -0.1) is 0 Å². The van der Waals surface area contributed by atoms with Gasteiger partial charge in [0, 0.05) is 36.0 Å². The maximum absolute atomic E-state index is 12.1. The molecule has 1 atom stereocenters. The monoisotopic (exact) mass is 404 g/mol. The summed E-state index contributed by atoms with van der Waals surface area (Å²) in [5.74, 6) is -0.356. The van der Waals surface area contributed by atoms with Crippen molar-refractivity contribution in [2.75, 3.05) is 13.7 Å². The lowest BCUT2D eigenvalue weighted by Gasteiger charge is -2.14. The van der Waals surface area contributed by atoms with Gasteiger partial charge in [-0.05, 0) is 30.9 Å². The molecule has 0 aliphatic heterocycles. The summed E-state index contributed by atoms with van der Waals surface area (Å²) in [6, 6.07) is 9.09. The lowest BCUT2D eigenvalue weighted by molar-refractivity contribution is -0.154. The predicted octanol–water partition coefficient (Wildman–Crippen LogP) is 2.51. The van der Waals surface area contributed by atoms with Crippen molar-refractivity contribution in [3.63, 3.8) is 0 Å². The molecular weight excluding hydrogens is 380 g/mol. The van der Waals surface area contributed by atoms with Gasteiger partial charge in [-0.2, -0.15) is 11.3 Å². The number of hydrogen-bond acceptors (Lipinski definition) is 6. The SMILES string of the molecule is COc1ccccc1CNC(=O)C(C)OC(=O)CCCNC(=O)c1ccsc1. The molecule has 0 aliphatic rings. The Morgan fingerprint density at radius 1 is 1.14 bits per heavy atom. The van der Waals surface area contributed by atoms with Crippen LogP contribution in [0.15, 0.2) is 41.1 Å². The van der Waals surface area contributed by atoms with Crippen molar-refractivity contribution < 1.29 is 23.9 Å². The number of esters is 1. The van der Waals surface area contributed by atoms with Crippen LogP contribution in [-0.2, 0) is 20.9 Å². The van der Waals surface area contributed by atoms with Crippen LogP contribution in [0.2, 0.25) is 0 Å². The Morgan fingerprint density at radius 2 is 1.93 bits per heavy atom. The fourth-order valence-electron chi connectivity index (χ4n) is 2.42.